The van der Waals surface area contributed by atoms with Gasteiger partial charge >= 0.3 is 0 Å². The summed E-state index contributed by atoms with van der Waals surface area (Å²) in [6.07, 6.45) is 2.56. The molecule has 2 rings (SSSR count). The van der Waals surface area contributed by atoms with Crippen LogP contribution in [0.4, 0.5) is 5.69 Å². The quantitative estimate of drug-likeness (QED) is 0.859. The van der Waals surface area contributed by atoms with E-state index in [1.54, 1.807) is 0 Å². The molecule has 1 atom stereocenters. The Labute approximate surface area is 104 Å². The number of nitrogens with zero attached hydrogens (tertiary/aromatic N) is 2. The van der Waals surface area contributed by atoms with E-state index in [0.29, 0.717) is 6.04 Å². The first kappa shape index (κ1) is 12.4. The van der Waals surface area contributed by atoms with Crippen molar-refractivity contribution in [3.8, 4) is 0 Å². The van der Waals surface area contributed by atoms with E-state index in [0.717, 1.165) is 18.7 Å². The standard InChI is InChI=1S/C14H22N2O/c1-15(2)10-14-4-3-9-16(14)13-7-5-12(11-17)6-8-13/h5-8,14,17H,3-4,9-11H2,1-2H3. The fraction of sp³-hybridized carbons (Fsp3) is 0.571. The molecule has 0 aromatic heterocycles. The van der Waals surface area contributed by atoms with Crippen LogP contribution >= 0.6 is 0 Å². The molecule has 0 radical (unpaired) electrons. The largest absolute Gasteiger partial charge is 0.392 e. The molecule has 1 N–H and O–H groups in total. The van der Waals surface area contributed by atoms with Crippen LogP contribution in [0.5, 0.6) is 0 Å². The van der Waals surface area contributed by atoms with Gasteiger partial charge in [-0.25, -0.2) is 0 Å². The predicted octanol–water partition coefficient (Wildman–Crippen LogP) is 1.71. The van der Waals surface area contributed by atoms with E-state index < -0.39 is 0 Å². The van der Waals surface area contributed by atoms with Crippen molar-refractivity contribution < 1.29 is 5.11 Å². The highest BCUT2D eigenvalue weighted by Gasteiger charge is 2.24. The molecule has 3 heteroatoms. The molecule has 1 aliphatic rings. The van der Waals surface area contributed by atoms with Crippen LogP contribution < -0.4 is 4.90 Å². The molecular formula is C14H22N2O. The monoisotopic (exact) mass is 234 g/mol. The SMILES string of the molecule is CN(C)CC1CCCN1c1ccc(CO)cc1. The number of anilines is 1. The van der Waals surface area contributed by atoms with Crippen LogP contribution in [0.1, 0.15) is 18.4 Å². The number of rotatable bonds is 4. The minimum Gasteiger partial charge on any atom is -0.392 e. The Morgan fingerprint density at radius 1 is 1.29 bits per heavy atom. The van der Waals surface area contributed by atoms with E-state index in [2.05, 4.69) is 36.0 Å². The maximum atomic E-state index is 9.04. The highest BCUT2D eigenvalue weighted by Crippen LogP contribution is 2.26. The third-order valence-corrected chi connectivity index (χ3v) is 3.40. The van der Waals surface area contributed by atoms with E-state index in [1.165, 1.54) is 18.5 Å². The molecule has 1 aliphatic heterocycles. The summed E-state index contributed by atoms with van der Waals surface area (Å²) in [7, 11) is 4.26. The van der Waals surface area contributed by atoms with Crippen LogP contribution in [0.2, 0.25) is 0 Å². The van der Waals surface area contributed by atoms with Crippen molar-refractivity contribution in [3.63, 3.8) is 0 Å². The van der Waals surface area contributed by atoms with Gasteiger partial charge in [-0.2, -0.15) is 0 Å². The Morgan fingerprint density at radius 2 is 2.00 bits per heavy atom. The molecule has 1 aromatic rings. The zero-order chi connectivity index (χ0) is 12.3. The lowest BCUT2D eigenvalue weighted by Crippen LogP contribution is -2.37. The van der Waals surface area contributed by atoms with Crippen molar-refractivity contribution in [2.24, 2.45) is 0 Å². The zero-order valence-electron chi connectivity index (χ0n) is 10.8. The van der Waals surface area contributed by atoms with Crippen LogP contribution in [0.25, 0.3) is 0 Å². The molecule has 0 aliphatic carbocycles. The molecule has 1 saturated heterocycles. The minimum absolute atomic E-state index is 0.126. The lowest BCUT2D eigenvalue weighted by atomic mass is 10.1. The Morgan fingerprint density at radius 3 is 2.59 bits per heavy atom. The summed E-state index contributed by atoms with van der Waals surface area (Å²) < 4.78 is 0. The number of likely N-dealkylation sites (N-methyl/N-ethyl adjacent to an activating group) is 1. The summed E-state index contributed by atoms with van der Waals surface area (Å²) >= 11 is 0. The molecule has 0 bridgehead atoms. The first-order valence-corrected chi connectivity index (χ1v) is 6.32. The fourth-order valence-electron chi connectivity index (χ4n) is 2.58. The lowest BCUT2D eigenvalue weighted by molar-refractivity contribution is 0.282. The number of aliphatic hydroxyl groups excluding tert-OH is 1. The third kappa shape index (κ3) is 2.99. The maximum Gasteiger partial charge on any atom is 0.0681 e. The zero-order valence-corrected chi connectivity index (χ0v) is 10.8. The Balaban J connectivity index is 2.08. The normalized spacial score (nSPS) is 20.2. The van der Waals surface area contributed by atoms with Gasteiger partial charge in [0.05, 0.1) is 6.61 Å². The van der Waals surface area contributed by atoms with E-state index in [-0.39, 0.29) is 6.61 Å². The van der Waals surface area contributed by atoms with E-state index in [1.807, 2.05) is 12.1 Å². The summed E-state index contributed by atoms with van der Waals surface area (Å²) in [6.45, 7) is 2.39. The van der Waals surface area contributed by atoms with Crippen LogP contribution in [0.15, 0.2) is 24.3 Å². The van der Waals surface area contributed by atoms with Crippen molar-refractivity contribution >= 4 is 5.69 Å². The molecular weight excluding hydrogens is 212 g/mol. The first-order chi connectivity index (χ1) is 8.20. The lowest BCUT2D eigenvalue weighted by Gasteiger charge is -2.29. The van der Waals surface area contributed by atoms with E-state index in [4.69, 9.17) is 5.11 Å². The average Bonchev–Trinajstić information content (AvgIpc) is 2.76. The molecule has 17 heavy (non-hydrogen) atoms. The average molecular weight is 234 g/mol. The van der Waals surface area contributed by atoms with Gasteiger partial charge in [0.15, 0.2) is 0 Å². The van der Waals surface area contributed by atoms with Crippen molar-refractivity contribution in [1.29, 1.82) is 0 Å². The smallest absolute Gasteiger partial charge is 0.0681 e. The fourth-order valence-corrected chi connectivity index (χ4v) is 2.58. The topological polar surface area (TPSA) is 26.7 Å². The van der Waals surface area contributed by atoms with Crippen molar-refractivity contribution in [2.75, 3.05) is 32.1 Å². The molecule has 1 fully saturated rings. The van der Waals surface area contributed by atoms with Gasteiger partial charge in [0, 0.05) is 24.8 Å². The molecule has 1 unspecified atom stereocenters. The Bertz CT molecular complexity index is 348. The van der Waals surface area contributed by atoms with Crippen molar-refractivity contribution in [2.45, 2.75) is 25.5 Å². The first-order valence-electron chi connectivity index (χ1n) is 6.32. The van der Waals surface area contributed by atoms with Gasteiger partial charge in [-0.1, -0.05) is 12.1 Å². The summed E-state index contributed by atoms with van der Waals surface area (Å²) in [5, 5.41) is 9.04. The molecule has 0 amide bonds. The van der Waals surface area contributed by atoms with Gasteiger partial charge in [0.1, 0.15) is 0 Å². The molecule has 0 saturated carbocycles. The second kappa shape index (κ2) is 5.52. The van der Waals surface area contributed by atoms with Gasteiger partial charge in [-0.05, 0) is 44.6 Å². The highest BCUT2D eigenvalue weighted by atomic mass is 16.3. The van der Waals surface area contributed by atoms with E-state index in [9.17, 15) is 0 Å². The number of hydrogen-bond acceptors (Lipinski definition) is 3. The molecule has 1 heterocycles. The molecule has 1 aromatic carbocycles. The van der Waals surface area contributed by atoms with Crippen LogP contribution in [0.3, 0.4) is 0 Å². The van der Waals surface area contributed by atoms with Gasteiger partial charge < -0.3 is 14.9 Å². The maximum absolute atomic E-state index is 9.04. The number of benzene rings is 1. The molecule has 94 valence electrons. The van der Waals surface area contributed by atoms with Crippen LogP contribution in [-0.2, 0) is 6.61 Å². The molecule has 0 spiro atoms. The Kier molecular flexibility index (Phi) is 4.02. The third-order valence-electron chi connectivity index (χ3n) is 3.40. The van der Waals surface area contributed by atoms with E-state index >= 15 is 0 Å². The Hall–Kier alpha value is -1.06. The summed E-state index contributed by atoms with van der Waals surface area (Å²) in [6, 6.07) is 8.91. The molecule has 3 nitrogen and oxygen atoms in total. The van der Waals surface area contributed by atoms with Crippen molar-refractivity contribution in [1.82, 2.24) is 4.90 Å². The van der Waals surface area contributed by atoms with Crippen LogP contribution in [-0.4, -0.2) is 43.2 Å². The summed E-state index contributed by atoms with van der Waals surface area (Å²) in [4.78, 5) is 4.74. The van der Waals surface area contributed by atoms with Crippen LogP contribution in [0, 0.1) is 0 Å². The van der Waals surface area contributed by atoms with Gasteiger partial charge in [0.2, 0.25) is 0 Å². The van der Waals surface area contributed by atoms with Gasteiger partial charge in [0.25, 0.3) is 0 Å². The van der Waals surface area contributed by atoms with Gasteiger partial charge in [-0.3, -0.25) is 0 Å². The van der Waals surface area contributed by atoms with Crippen molar-refractivity contribution in [3.05, 3.63) is 29.8 Å². The summed E-state index contributed by atoms with van der Waals surface area (Å²) in [5.41, 5.74) is 2.27. The number of hydrogen-bond donors (Lipinski definition) is 1. The summed E-state index contributed by atoms with van der Waals surface area (Å²) in [5.74, 6) is 0. The number of aliphatic hydroxyl groups is 1. The minimum atomic E-state index is 0.126. The highest BCUT2D eigenvalue weighted by molar-refractivity contribution is 5.49. The second-order valence-corrected chi connectivity index (χ2v) is 5.08. The predicted molar refractivity (Wildman–Crippen MR) is 71.3 cm³/mol. The second-order valence-electron chi connectivity index (χ2n) is 5.08. The van der Waals surface area contributed by atoms with Gasteiger partial charge in [-0.15, -0.1) is 0 Å².